The van der Waals surface area contributed by atoms with Gasteiger partial charge in [-0.25, -0.2) is 4.79 Å². The van der Waals surface area contributed by atoms with Gasteiger partial charge in [-0.05, 0) is 45.2 Å². The number of carbonyl (C=O) groups excluding carboxylic acids is 2. The molecule has 0 radical (unpaired) electrons. The van der Waals surface area contributed by atoms with Gasteiger partial charge in [0.15, 0.2) is 0 Å². The van der Waals surface area contributed by atoms with Crippen molar-refractivity contribution < 1.29 is 14.3 Å². The van der Waals surface area contributed by atoms with Crippen LogP contribution in [0.25, 0.3) is 0 Å². The van der Waals surface area contributed by atoms with Crippen LogP contribution in [-0.2, 0) is 16.0 Å². The monoisotopic (exact) mass is 320 g/mol. The van der Waals surface area contributed by atoms with Crippen molar-refractivity contribution in [2.24, 2.45) is 0 Å². The quantitative estimate of drug-likeness (QED) is 0.904. The smallest absolute Gasteiger partial charge is 0.407 e. The highest BCUT2D eigenvalue weighted by Crippen LogP contribution is 2.25. The minimum Gasteiger partial charge on any atom is -0.444 e. The topological polar surface area (TPSA) is 58.6 Å². The summed E-state index contributed by atoms with van der Waals surface area (Å²) in [5.41, 5.74) is 2.58. The molecule has 1 aromatic rings. The maximum atomic E-state index is 12.1. The molecule has 0 aliphatic heterocycles. The van der Waals surface area contributed by atoms with Gasteiger partial charge in [0, 0.05) is 25.7 Å². The number of nitrogens with one attached hydrogen (secondary N) is 1. The SMILES string of the molecule is CCc1cccc(C)c1N(CCNC(=O)OC(C)(C)C)C(C)=O. The fourth-order valence-corrected chi connectivity index (χ4v) is 2.40. The van der Waals surface area contributed by atoms with Gasteiger partial charge in [-0.2, -0.15) is 0 Å². The Morgan fingerprint density at radius 1 is 1.26 bits per heavy atom. The number of hydrogen-bond acceptors (Lipinski definition) is 3. The van der Waals surface area contributed by atoms with Gasteiger partial charge in [0.25, 0.3) is 0 Å². The molecule has 0 aliphatic rings. The van der Waals surface area contributed by atoms with Gasteiger partial charge in [0.1, 0.15) is 5.60 Å². The van der Waals surface area contributed by atoms with Crippen molar-refractivity contribution in [2.75, 3.05) is 18.0 Å². The summed E-state index contributed by atoms with van der Waals surface area (Å²) >= 11 is 0. The van der Waals surface area contributed by atoms with Crippen molar-refractivity contribution in [2.45, 2.75) is 53.6 Å². The first-order valence-corrected chi connectivity index (χ1v) is 7.99. The van der Waals surface area contributed by atoms with Crippen LogP contribution in [0.4, 0.5) is 10.5 Å². The number of hydrogen-bond donors (Lipinski definition) is 1. The van der Waals surface area contributed by atoms with E-state index in [9.17, 15) is 9.59 Å². The van der Waals surface area contributed by atoms with Crippen LogP contribution in [0.1, 0.15) is 45.7 Å². The van der Waals surface area contributed by atoms with E-state index in [1.54, 1.807) is 11.8 Å². The molecule has 0 bridgehead atoms. The highest BCUT2D eigenvalue weighted by Gasteiger charge is 2.19. The third kappa shape index (κ3) is 5.93. The number of carbonyl (C=O) groups is 2. The average Bonchev–Trinajstić information content (AvgIpc) is 2.41. The standard InChI is InChI=1S/C18H28N2O3/c1-7-15-10-8-9-13(2)16(15)20(14(3)21)12-11-19-17(22)23-18(4,5)6/h8-10H,7,11-12H2,1-6H3,(H,19,22). The molecule has 0 aromatic heterocycles. The summed E-state index contributed by atoms with van der Waals surface area (Å²) < 4.78 is 5.20. The van der Waals surface area contributed by atoms with Crippen molar-refractivity contribution in [1.29, 1.82) is 0 Å². The molecule has 1 rings (SSSR count). The molecular weight excluding hydrogens is 292 g/mol. The highest BCUT2D eigenvalue weighted by molar-refractivity contribution is 5.93. The van der Waals surface area contributed by atoms with Gasteiger partial charge < -0.3 is 15.0 Å². The van der Waals surface area contributed by atoms with Crippen LogP contribution < -0.4 is 10.2 Å². The molecule has 5 nitrogen and oxygen atoms in total. The van der Waals surface area contributed by atoms with Crippen LogP contribution in [0.2, 0.25) is 0 Å². The number of anilines is 1. The Kier molecular flexibility index (Phi) is 6.61. The summed E-state index contributed by atoms with van der Waals surface area (Å²) in [6.07, 6.45) is 0.377. The first-order chi connectivity index (χ1) is 10.7. The lowest BCUT2D eigenvalue weighted by Crippen LogP contribution is -2.40. The second-order valence-corrected chi connectivity index (χ2v) is 6.54. The van der Waals surface area contributed by atoms with Crippen LogP contribution in [0.15, 0.2) is 18.2 Å². The van der Waals surface area contributed by atoms with Gasteiger partial charge in [0.05, 0.1) is 0 Å². The molecule has 1 N–H and O–H groups in total. The molecule has 0 fully saturated rings. The zero-order valence-corrected chi connectivity index (χ0v) is 15.0. The lowest BCUT2D eigenvalue weighted by molar-refractivity contribution is -0.116. The summed E-state index contributed by atoms with van der Waals surface area (Å²) in [6.45, 7) is 11.8. The van der Waals surface area contributed by atoms with E-state index >= 15 is 0 Å². The van der Waals surface area contributed by atoms with Gasteiger partial charge in [0.2, 0.25) is 5.91 Å². The normalized spacial score (nSPS) is 11.0. The summed E-state index contributed by atoms with van der Waals surface area (Å²) in [6, 6.07) is 6.01. The number of amides is 2. The van der Waals surface area contributed by atoms with E-state index in [1.807, 2.05) is 45.9 Å². The second kappa shape index (κ2) is 7.99. The number of benzene rings is 1. The first kappa shape index (κ1) is 19.0. The highest BCUT2D eigenvalue weighted by atomic mass is 16.6. The summed E-state index contributed by atoms with van der Waals surface area (Å²) in [5.74, 6) is -0.0417. The Labute approximate surface area is 139 Å². The molecule has 23 heavy (non-hydrogen) atoms. The molecule has 5 heteroatoms. The van der Waals surface area contributed by atoms with E-state index in [1.165, 1.54) is 0 Å². The van der Waals surface area contributed by atoms with Crippen molar-refractivity contribution in [3.8, 4) is 0 Å². The minimum absolute atomic E-state index is 0.0417. The summed E-state index contributed by atoms with van der Waals surface area (Å²) in [4.78, 5) is 25.5. The van der Waals surface area contributed by atoms with Crippen molar-refractivity contribution in [3.05, 3.63) is 29.3 Å². The molecule has 128 valence electrons. The zero-order chi connectivity index (χ0) is 17.6. The lowest BCUT2D eigenvalue weighted by Gasteiger charge is -2.26. The maximum Gasteiger partial charge on any atom is 0.407 e. The summed E-state index contributed by atoms with van der Waals surface area (Å²) in [7, 11) is 0. The fourth-order valence-electron chi connectivity index (χ4n) is 2.40. The Morgan fingerprint density at radius 2 is 1.91 bits per heavy atom. The van der Waals surface area contributed by atoms with E-state index in [-0.39, 0.29) is 5.91 Å². The van der Waals surface area contributed by atoms with Crippen LogP contribution in [0.3, 0.4) is 0 Å². The van der Waals surface area contributed by atoms with Gasteiger partial charge in [-0.1, -0.05) is 25.1 Å². The number of para-hydroxylation sites is 1. The lowest BCUT2D eigenvalue weighted by atomic mass is 10.0. The molecule has 0 aliphatic carbocycles. The largest absolute Gasteiger partial charge is 0.444 e. The Hall–Kier alpha value is -2.04. The third-order valence-electron chi connectivity index (χ3n) is 3.36. The number of alkyl carbamates (subject to hydrolysis) is 1. The fraction of sp³-hybridized carbons (Fsp3) is 0.556. The van der Waals surface area contributed by atoms with E-state index in [0.29, 0.717) is 13.1 Å². The Bertz CT molecular complexity index is 562. The molecule has 1 aromatic carbocycles. The molecule has 0 unspecified atom stereocenters. The molecular formula is C18H28N2O3. The number of rotatable bonds is 5. The van der Waals surface area contributed by atoms with Crippen LogP contribution in [-0.4, -0.2) is 30.7 Å². The molecule has 0 saturated heterocycles. The van der Waals surface area contributed by atoms with E-state index in [0.717, 1.165) is 23.2 Å². The number of ether oxygens (including phenoxy) is 1. The third-order valence-corrected chi connectivity index (χ3v) is 3.36. The van der Waals surface area contributed by atoms with Gasteiger partial charge >= 0.3 is 6.09 Å². The molecule has 0 saturated carbocycles. The number of aryl methyl sites for hydroxylation is 2. The van der Waals surface area contributed by atoms with Crippen LogP contribution in [0.5, 0.6) is 0 Å². The van der Waals surface area contributed by atoms with Gasteiger partial charge in [-0.3, -0.25) is 4.79 Å². The second-order valence-electron chi connectivity index (χ2n) is 6.54. The predicted molar refractivity (Wildman–Crippen MR) is 92.8 cm³/mol. The number of nitrogens with zero attached hydrogens (tertiary/aromatic N) is 1. The predicted octanol–water partition coefficient (Wildman–Crippen LogP) is 3.44. The van der Waals surface area contributed by atoms with Crippen molar-refractivity contribution in [3.63, 3.8) is 0 Å². The Balaban J connectivity index is 2.79. The average molecular weight is 320 g/mol. The van der Waals surface area contributed by atoms with Crippen LogP contribution in [0, 0.1) is 6.92 Å². The van der Waals surface area contributed by atoms with Gasteiger partial charge in [-0.15, -0.1) is 0 Å². The molecule has 0 spiro atoms. The van der Waals surface area contributed by atoms with E-state index in [2.05, 4.69) is 12.2 Å². The van der Waals surface area contributed by atoms with Crippen molar-refractivity contribution >= 4 is 17.7 Å². The van der Waals surface area contributed by atoms with Crippen molar-refractivity contribution in [1.82, 2.24) is 5.32 Å². The first-order valence-electron chi connectivity index (χ1n) is 7.99. The Morgan fingerprint density at radius 3 is 2.43 bits per heavy atom. The minimum atomic E-state index is -0.532. The molecule has 2 amide bonds. The molecule has 0 atom stereocenters. The van der Waals surface area contributed by atoms with E-state index in [4.69, 9.17) is 4.74 Å². The van der Waals surface area contributed by atoms with Crippen LogP contribution >= 0.6 is 0 Å². The maximum absolute atomic E-state index is 12.1. The molecule has 0 heterocycles. The van der Waals surface area contributed by atoms with E-state index < -0.39 is 11.7 Å². The zero-order valence-electron chi connectivity index (χ0n) is 15.0. The summed E-state index contributed by atoms with van der Waals surface area (Å²) in [5, 5.41) is 2.70.